The van der Waals surface area contributed by atoms with E-state index in [1.54, 1.807) is 11.8 Å². The van der Waals surface area contributed by atoms with Crippen molar-refractivity contribution >= 4 is 22.8 Å². The molecule has 3 fully saturated rings. The molecule has 3 atom stereocenters. The number of aromatic nitrogens is 2. The van der Waals surface area contributed by atoms with E-state index < -0.39 is 5.66 Å². The molecule has 1 N–H and O–H groups in total. The number of likely N-dealkylation sites (tertiary alicyclic amines) is 1. The van der Waals surface area contributed by atoms with Crippen LogP contribution in [-0.2, 0) is 15.3 Å². The highest BCUT2D eigenvalue weighted by Gasteiger charge is 2.53. The standard InChI is InChI=1S/C30H36FN5O2/c1-4-30(22-8-6-5-7-9-22,33-29(38)21-17-34(18-21)20(3)37)36-24-11-12-25(36)16-26(15-24)35-19(2)32-27-14-23(31)10-13-28(27)35/h5-10,13-14,21,24-26H,4,11-12,15-18H2,1-3H3,(H,33,38)/t24?,25?,26?,30-/m0/s1. The molecule has 6 rings (SSSR count). The maximum Gasteiger partial charge on any atom is 0.228 e. The molecule has 2 amide bonds. The van der Waals surface area contributed by atoms with Crippen molar-refractivity contribution < 1.29 is 14.0 Å². The molecule has 1 aromatic heterocycles. The summed E-state index contributed by atoms with van der Waals surface area (Å²) in [6.07, 6.45) is 4.80. The minimum absolute atomic E-state index is 0.0176. The van der Waals surface area contributed by atoms with E-state index in [0.717, 1.165) is 49.0 Å². The number of fused-ring (bicyclic) bond motifs is 3. The van der Waals surface area contributed by atoms with Gasteiger partial charge in [-0.3, -0.25) is 14.5 Å². The number of imidazole rings is 1. The lowest BCUT2D eigenvalue weighted by Crippen LogP contribution is -2.66. The van der Waals surface area contributed by atoms with Crippen LogP contribution in [-0.4, -0.2) is 56.3 Å². The fourth-order valence-corrected chi connectivity index (χ4v) is 7.32. The molecule has 2 unspecified atom stereocenters. The third-order valence-corrected chi connectivity index (χ3v) is 9.13. The van der Waals surface area contributed by atoms with Gasteiger partial charge < -0.3 is 14.8 Å². The summed E-state index contributed by atoms with van der Waals surface area (Å²) in [6.45, 7) is 6.69. The zero-order valence-electron chi connectivity index (χ0n) is 22.4. The fourth-order valence-electron chi connectivity index (χ4n) is 7.32. The number of aryl methyl sites for hydroxylation is 1. The highest BCUT2D eigenvalue weighted by molar-refractivity contribution is 5.84. The molecule has 3 aliphatic rings. The highest BCUT2D eigenvalue weighted by Crippen LogP contribution is 2.48. The Morgan fingerprint density at radius 1 is 1.05 bits per heavy atom. The number of nitrogens with zero attached hydrogens (tertiary/aromatic N) is 4. The van der Waals surface area contributed by atoms with E-state index >= 15 is 0 Å². The van der Waals surface area contributed by atoms with Crippen molar-refractivity contribution in [1.82, 2.24) is 24.7 Å². The summed E-state index contributed by atoms with van der Waals surface area (Å²) >= 11 is 0. The van der Waals surface area contributed by atoms with Crippen molar-refractivity contribution in [2.75, 3.05) is 13.1 Å². The molecule has 3 saturated heterocycles. The van der Waals surface area contributed by atoms with Crippen LogP contribution in [0.25, 0.3) is 11.0 Å². The van der Waals surface area contributed by atoms with Crippen LogP contribution in [0, 0.1) is 18.7 Å². The van der Waals surface area contributed by atoms with Gasteiger partial charge in [-0.25, -0.2) is 9.37 Å². The van der Waals surface area contributed by atoms with Gasteiger partial charge >= 0.3 is 0 Å². The topological polar surface area (TPSA) is 70.5 Å². The Morgan fingerprint density at radius 3 is 2.37 bits per heavy atom. The van der Waals surface area contributed by atoms with Crippen molar-refractivity contribution in [2.24, 2.45) is 5.92 Å². The summed E-state index contributed by atoms with van der Waals surface area (Å²) < 4.78 is 16.2. The third kappa shape index (κ3) is 4.01. The molecule has 38 heavy (non-hydrogen) atoms. The summed E-state index contributed by atoms with van der Waals surface area (Å²) in [7, 11) is 0. The van der Waals surface area contributed by atoms with Crippen LogP contribution in [0.15, 0.2) is 48.5 Å². The van der Waals surface area contributed by atoms with Gasteiger partial charge in [-0.1, -0.05) is 37.3 Å². The summed E-state index contributed by atoms with van der Waals surface area (Å²) in [5.41, 5.74) is 2.19. The van der Waals surface area contributed by atoms with Crippen molar-refractivity contribution in [3.05, 3.63) is 65.7 Å². The van der Waals surface area contributed by atoms with Gasteiger partial charge in [0.1, 0.15) is 17.3 Å². The van der Waals surface area contributed by atoms with Crippen LogP contribution < -0.4 is 5.32 Å². The minimum Gasteiger partial charge on any atom is -0.341 e. The number of nitrogens with one attached hydrogen (secondary N) is 1. The molecule has 3 aromatic rings. The van der Waals surface area contributed by atoms with Crippen LogP contribution in [0.5, 0.6) is 0 Å². The zero-order valence-corrected chi connectivity index (χ0v) is 22.4. The van der Waals surface area contributed by atoms with E-state index in [1.807, 2.05) is 31.2 Å². The van der Waals surface area contributed by atoms with Gasteiger partial charge in [0.15, 0.2) is 0 Å². The van der Waals surface area contributed by atoms with Gasteiger partial charge in [0.25, 0.3) is 0 Å². The Bertz CT molecular complexity index is 1350. The first-order valence-corrected chi connectivity index (χ1v) is 13.9. The van der Waals surface area contributed by atoms with E-state index in [2.05, 4.69) is 38.8 Å². The maximum absolute atomic E-state index is 13.9. The lowest BCUT2D eigenvalue weighted by Gasteiger charge is -2.52. The molecule has 200 valence electrons. The molecule has 3 aliphatic heterocycles. The Kier molecular flexibility index (Phi) is 6.25. The number of piperidine rings is 1. The molecule has 4 heterocycles. The van der Waals surface area contributed by atoms with Gasteiger partial charge in [0.2, 0.25) is 11.8 Å². The zero-order chi connectivity index (χ0) is 26.6. The largest absolute Gasteiger partial charge is 0.341 e. The van der Waals surface area contributed by atoms with Crippen molar-refractivity contribution in [3.8, 4) is 0 Å². The number of hydrogen-bond donors (Lipinski definition) is 1. The number of amides is 2. The molecule has 0 saturated carbocycles. The van der Waals surface area contributed by atoms with Gasteiger partial charge in [0.05, 0.1) is 17.0 Å². The number of halogens is 1. The summed E-state index contributed by atoms with van der Waals surface area (Å²) in [6, 6.07) is 16.1. The van der Waals surface area contributed by atoms with Crippen LogP contribution in [0.4, 0.5) is 4.39 Å². The second-order valence-corrected chi connectivity index (χ2v) is 11.3. The monoisotopic (exact) mass is 517 g/mol. The number of rotatable bonds is 6. The quantitative estimate of drug-likeness (QED) is 0.522. The first-order valence-electron chi connectivity index (χ1n) is 13.9. The minimum atomic E-state index is -0.610. The Morgan fingerprint density at radius 2 is 1.74 bits per heavy atom. The predicted octanol–water partition coefficient (Wildman–Crippen LogP) is 4.51. The van der Waals surface area contributed by atoms with Crippen molar-refractivity contribution in [3.63, 3.8) is 0 Å². The number of carbonyl (C=O) groups is 2. The molecule has 2 bridgehead atoms. The van der Waals surface area contributed by atoms with Crippen LogP contribution in [0.1, 0.15) is 63.4 Å². The van der Waals surface area contributed by atoms with Crippen LogP contribution >= 0.6 is 0 Å². The van der Waals surface area contributed by atoms with Gasteiger partial charge in [-0.05, 0) is 56.7 Å². The fraction of sp³-hybridized carbons (Fsp3) is 0.500. The normalized spacial score (nSPS) is 25.3. The molecule has 0 radical (unpaired) electrons. The van der Waals surface area contributed by atoms with E-state index in [4.69, 9.17) is 0 Å². The third-order valence-electron chi connectivity index (χ3n) is 9.13. The number of carbonyl (C=O) groups excluding carboxylic acids is 2. The van der Waals surface area contributed by atoms with Crippen LogP contribution in [0.3, 0.4) is 0 Å². The van der Waals surface area contributed by atoms with Crippen LogP contribution in [0.2, 0.25) is 0 Å². The molecule has 7 nitrogen and oxygen atoms in total. The second kappa shape index (κ2) is 9.49. The van der Waals surface area contributed by atoms with Gasteiger partial charge in [-0.15, -0.1) is 0 Å². The molecule has 0 spiro atoms. The van der Waals surface area contributed by atoms with E-state index in [1.165, 1.54) is 12.1 Å². The molecular formula is C30H36FN5O2. The SMILES string of the molecule is CC[C@@](NC(=O)C1CN(C(C)=O)C1)(c1ccccc1)N1C2CCC1CC(n1c(C)nc3cc(F)ccc31)C2. The maximum atomic E-state index is 13.9. The van der Waals surface area contributed by atoms with Gasteiger partial charge in [-0.2, -0.15) is 0 Å². The van der Waals surface area contributed by atoms with E-state index in [9.17, 15) is 14.0 Å². The highest BCUT2D eigenvalue weighted by atomic mass is 19.1. The first kappa shape index (κ1) is 25.0. The van der Waals surface area contributed by atoms with Crippen molar-refractivity contribution in [1.29, 1.82) is 0 Å². The van der Waals surface area contributed by atoms with Gasteiger partial charge in [0, 0.05) is 44.2 Å². The lowest BCUT2D eigenvalue weighted by atomic mass is 9.86. The Hall–Kier alpha value is -3.26. The smallest absolute Gasteiger partial charge is 0.228 e. The molecular weight excluding hydrogens is 481 g/mol. The van der Waals surface area contributed by atoms with Crippen molar-refractivity contribution in [2.45, 2.75) is 76.7 Å². The number of benzene rings is 2. The molecule has 0 aliphatic carbocycles. The Balaban J connectivity index is 1.32. The average Bonchev–Trinajstić information content (AvgIpc) is 3.33. The average molecular weight is 518 g/mol. The summed E-state index contributed by atoms with van der Waals surface area (Å²) in [5.74, 6) is 0.518. The predicted molar refractivity (Wildman–Crippen MR) is 144 cm³/mol. The second-order valence-electron chi connectivity index (χ2n) is 11.3. The summed E-state index contributed by atoms with van der Waals surface area (Å²) in [5, 5.41) is 3.51. The Labute approximate surface area is 223 Å². The lowest BCUT2D eigenvalue weighted by molar-refractivity contribution is -0.145. The summed E-state index contributed by atoms with van der Waals surface area (Å²) in [4.78, 5) is 34.3. The van der Waals surface area contributed by atoms with E-state index in [-0.39, 0.29) is 29.6 Å². The number of hydrogen-bond acceptors (Lipinski definition) is 4. The van der Waals surface area contributed by atoms with E-state index in [0.29, 0.717) is 30.7 Å². The first-order chi connectivity index (χ1) is 18.3. The molecule has 8 heteroatoms. The molecule has 2 aromatic carbocycles.